The molecule has 2 heterocycles. The zero-order valence-electron chi connectivity index (χ0n) is 16.3. The molecule has 0 spiro atoms. The van der Waals surface area contributed by atoms with Gasteiger partial charge in [0.1, 0.15) is 0 Å². The van der Waals surface area contributed by atoms with Crippen LogP contribution in [0.5, 0.6) is 0 Å². The monoisotopic (exact) mass is 363 g/mol. The van der Waals surface area contributed by atoms with Crippen LogP contribution in [0, 0.1) is 17.2 Å². The van der Waals surface area contributed by atoms with Crippen LogP contribution in [0.25, 0.3) is 10.9 Å². The molecule has 1 aliphatic heterocycles. The number of aromatic nitrogens is 1. The van der Waals surface area contributed by atoms with Crippen molar-refractivity contribution in [1.82, 2.24) is 9.47 Å². The Labute approximate surface area is 161 Å². The van der Waals surface area contributed by atoms with Gasteiger partial charge in [-0.3, -0.25) is 4.79 Å². The molecule has 1 aliphatic carbocycles. The summed E-state index contributed by atoms with van der Waals surface area (Å²) in [5.74, 6) is 1.02. The Kier molecular flexibility index (Phi) is 5.20. The van der Waals surface area contributed by atoms with Crippen molar-refractivity contribution in [3.8, 4) is 6.07 Å². The number of nitriles is 1. The lowest BCUT2D eigenvalue weighted by Gasteiger charge is -2.26. The third kappa shape index (κ3) is 3.74. The van der Waals surface area contributed by atoms with Crippen molar-refractivity contribution in [2.24, 2.45) is 13.0 Å². The minimum atomic E-state index is 0.389. The number of aryl methyl sites for hydroxylation is 2. The van der Waals surface area contributed by atoms with Crippen molar-refractivity contribution in [2.45, 2.75) is 63.8 Å². The van der Waals surface area contributed by atoms with Crippen LogP contribution < -0.4 is 0 Å². The highest BCUT2D eigenvalue weighted by molar-refractivity contribution is 5.82. The van der Waals surface area contributed by atoms with Crippen LogP contribution in [0.2, 0.25) is 0 Å². The van der Waals surface area contributed by atoms with Crippen molar-refractivity contribution in [3.63, 3.8) is 0 Å². The first-order valence-corrected chi connectivity index (χ1v) is 10.4. The fourth-order valence-electron chi connectivity index (χ4n) is 5.05. The highest BCUT2D eigenvalue weighted by Gasteiger charge is 2.30. The van der Waals surface area contributed by atoms with Crippen molar-refractivity contribution in [1.29, 1.82) is 5.26 Å². The van der Waals surface area contributed by atoms with Crippen LogP contribution in [-0.2, 0) is 18.3 Å². The zero-order valence-corrected chi connectivity index (χ0v) is 16.3. The summed E-state index contributed by atoms with van der Waals surface area (Å²) >= 11 is 0. The zero-order chi connectivity index (χ0) is 18.8. The number of fused-ring (bicyclic) bond motifs is 1. The van der Waals surface area contributed by atoms with E-state index in [1.54, 1.807) is 0 Å². The minimum absolute atomic E-state index is 0.389. The number of benzene rings is 1. The molecule has 1 saturated heterocycles. The SMILES string of the molecule is Cn1c(CCC2CCCN2C(=O)CC2CCCC2)cc2ccc(C#N)cc21. The fourth-order valence-corrected chi connectivity index (χ4v) is 5.05. The number of carbonyl (C=O) groups is 1. The number of hydrogen-bond donors (Lipinski definition) is 0. The summed E-state index contributed by atoms with van der Waals surface area (Å²) in [6.45, 7) is 0.941. The van der Waals surface area contributed by atoms with Gasteiger partial charge in [-0.15, -0.1) is 0 Å². The number of rotatable bonds is 5. The first kappa shape index (κ1) is 18.1. The summed E-state index contributed by atoms with van der Waals surface area (Å²) in [7, 11) is 2.08. The highest BCUT2D eigenvalue weighted by atomic mass is 16.2. The molecule has 0 N–H and O–H groups in total. The second-order valence-electron chi connectivity index (χ2n) is 8.36. The number of amides is 1. The largest absolute Gasteiger partial charge is 0.348 e. The van der Waals surface area contributed by atoms with Gasteiger partial charge in [-0.25, -0.2) is 0 Å². The van der Waals surface area contributed by atoms with E-state index in [9.17, 15) is 4.79 Å². The van der Waals surface area contributed by atoms with Gasteiger partial charge in [0.25, 0.3) is 0 Å². The number of likely N-dealkylation sites (tertiary alicyclic amines) is 1. The molecule has 0 bridgehead atoms. The van der Waals surface area contributed by atoms with Crippen LogP contribution in [-0.4, -0.2) is 28.0 Å². The van der Waals surface area contributed by atoms with E-state index in [1.807, 2.05) is 18.2 Å². The van der Waals surface area contributed by atoms with E-state index in [-0.39, 0.29) is 0 Å². The van der Waals surface area contributed by atoms with E-state index in [4.69, 9.17) is 5.26 Å². The number of hydrogen-bond acceptors (Lipinski definition) is 2. The predicted molar refractivity (Wildman–Crippen MR) is 107 cm³/mol. The molecule has 1 aromatic carbocycles. The maximum absolute atomic E-state index is 12.8. The molecule has 4 nitrogen and oxygen atoms in total. The Hall–Kier alpha value is -2.28. The molecule has 4 rings (SSSR count). The molecule has 1 aromatic heterocycles. The quantitative estimate of drug-likeness (QED) is 0.782. The van der Waals surface area contributed by atoms with Crippen LogP contribution in [0.15, 0.2) is 24.3 Å². The summed E-state index contributed by atoms with van der Waals surface area (Å²) < 4.78 is 2.20. The van der Waals surface area contributed by atoms with Gasteiger partial charge in [-0.05, 0) is 68.0 Å². The molecule has 1 saturated carbocycles. The average Bonchev–Trinajstić information content (AvgIpc) is 3.41. The summed E-state index contributed by atoms with van der Waals surface area (Å²) in [4.78, 5) is 15.0. The van der Waals surface area contributed by atoms with Gasteiger partial charge >= 0.3 is 0 Å². The Bertz CT molecular complexity index is 870. The van der Waals surface area contributed by atoms with Crippen LogP contribution in [0.1, 0.15) is 62.6 Å². The molecule has 2 aromatic rings. The normalized spacial score (nSPS) is 20.4. The van der Waals surface area contributed by atoms with E-state index in [1.165, 1.54) is 36.8 Å². The van der Waals surface area contributed by atoms with Gasteiger partial charge < -0.3 is 9.47 Å². The van der Waals surface area contributed by atoms with Gasteiger partial charge in [0.05, 0.1) is 11.6 Å². The Morgan fingerprint density at radius 3 is 2.78 bits per heavy atom. The van der Waals surface area contributed by atoms with Gasteiger partial charge in [-0.2, -0.15) is 5.26 Å². The van der Waals surface area contributed by atoms with E-state index >= 15 is 0 Å². The van der Waals surface area contributed by atoms with Crippen molar-refractivity contribution < 1.29 is 4.79 Å². The Morgan fingerprint density at radius 2 is 2.00 bits per heavy atom. The second-order valence-corrected chi connectivity index (χ2v) is 8.36. The summed E-state index contributed by atoms with van der Waals surface area (Å²) in [5.41, 5.74) is 3.11. The van der Waals surface area contributed by atoms with Crippen molar-refractivity contribution in [2.75, 3.05) is 6.54 Å². The molecular weight excluding hydrogens is 334 g/mol. The molecule has 2 aliphatic rings. The summed E-state index contributed by atoms with van der Waals surface area (Å²) in [6, 6.07) is 10.7. The van der Waals surface area contributed by atoms with E-state index in [0.717, 1.165) is 44.2 Å². The van der Waals surface area contributed by atoms with E-state index in [0.29, 0.717) is 23.4 Å². The maximum atomic E-state index is 12.8. The van der Waals surface area contributed by atoms with Gasteiger partial charge in [0, 0.05) is 37.3 Å². The number of nitrogens with zero attached hydrogens (tertiary/aromatic N) is 3. The molecule has 2 fully saturated rings. The van der Waals surface area contributed by atoms with Gasteiger partial charge in [0.2, 0.25) is 5.91 Å². The van der Waals surface area contributed by atoms with E-state index in [2.05, 4.69) is 28.7 Å². The molecule has 142 valence electrons. The topological polar surface area (TPSA) is 49.0 Å². The van der Waals surface area contributed by atoms with Crippen LogP contribution in [0.4, 0.5) is 0 Å². The Balaban J connectivity index is 1.41. The van der Waals surface area contributed by atoms with Crippen LogP contribution >= 0.6 is 0 Å². The molecular formula is C23H29N3O. The lowest BCUT2D eigenvalue weighted by molar-refractivity contribution is -0.133. The van der Waals surface area contributed by atoms with Gasteiger partial charge in [-0.1, -0.05) is 18.9 Å². The summed E-state index contributed by atoms with van der Waals surface area (Å²) in [5, 5.41) is 10.3. The lowest BCUT2D eigenvalue weighted by atomic mass is 10.0. The van der Waals surface area contributed by atoms with Crippen molar-refractivity contribution in [3.05, 3.63) is 35.5 Å². The standard InChI is InChI=1S/C23H29N3O/c1-25-21(15-19-9-8-18(16-24)13-22(19)25)11-10-20-7-4-12-26(20)23(27)14-17-5-2-3-6-17/h8-9,13,15,17,20H,2-7,10-12,14H2,1H3. The van der Waals surface area contributed by atoms with Gasteiger partial charge in [0.15, 0.2) is 0 Å². The predicted octanol–water partition coefficient (Wildman–Crippen LogP) is 4.55. The van der Waals surface area contributed by atoms with Crippen LogP contribution in [0.3, 0.4) is 0 Å². The second kappa shape index (κ2) is 7.76. The molecule has 1 atom stereocenters. The molecule has 4 heteroatoms. The summed E-state index contributed by atoms with van der Waals surface area (Å²) in [6.07, 6.45) is 10.1. The molecule has 0 radical (unpaired) electrons. The minimum Gasteiger partial charge on any atom is -0.348 e. The third-order valence-corrected chi connectivity index (χ3v) is 6.64. The first-order valence-electron chi connectivity index (χ1n) is 10.4. The molecule has 1 unspecified atom stereocenters. The first-order chi connectivity index (χ1) is 13.2. The van der Waals surface area contributed by atoms with E-state index < -0.39 is 0 Å². The molecule has 27 heavy (non-hydrogen) atoms. The lowest BCUT2D eigenvalue weighted by Crippen LogP contribution is -2.36. The van der Waals surface area contributed by atoms with Crippen molar-refractivity contribution >= 4 is 16.8 Å². The fraction of sp³-hybridized carbons (Fsp3) is 0.565. The average molecular weight is 364 g/mol. The maximum Gasteiger partial charge on any atom is 0.223 e. The Morgan fingerprint density at radius 1 is 1.19 bits per heavy atom. The third-order valence-electron chi connectivity index (χ3n) is 6.64. The highest BCUT2D eigenvalue weighted by Crippen LogP contribution is 2.31. The number of carbonyl (C=O) groups excluding carboxylic acids is 1. The smallest absolute Gasteiger partial charge is 0.223 e. The molecule has 1 amide bonds.